The van der Waals surface area contributed by atoms with Crippen molar-refractivity contribution in [3.05, 3.63) is 46.7 Å². The summed E-state index contributed by atoms with van der Waals surface area (Å²) < 4.78 is 15.9. The molecule has 162 valence electrons. The van der Waals surface area contributed by atoms with Crippen molar-refractivity contribution in [1.82, 2.24) is 4.90 Å². The van der Waals surface area contributed by atoms with Crippen LogP contribution >= 0.6 is 0 Å². The third-order valence-electron chi connectivity index (χ3n) is 4.27. The number of ether oxygens (including phenoxy) is 2. The number of rotatable bonds is 10. The van der Waals surface area contributed by atoms with Gasteiger partial charge in [0, 0.05) is 6.54 Å². The molecule has 2 aromatic rings. The summed E-state index contributed by atoms with van der Waals surface area (Å²) in [5.41, 5.74) is 1.09. The molecule has 0 atom stereocenters. The highest BCUT2D eigenvalue weighted by Gasteiger charge is 2.28. The number of esters is 1. The number of anilines is 1. The van der Waals surface area contributed by atoms with Crippen molar-refractivity contribution in [2.75, 3.05) is 32.1 Å². The maximum Gasteiger partial charge on any atom is 0.344 e. The highest BCUT2D eigenvalue weighted by molar-refractivity contribution is 6.10. The van der Waals surface area contributed by atoms with Gasteiger partial charge in [0.15, 0.2) is 5.78 Å². The first-order valence-electron chi connectivity index (χ1n) is 9.78. The number of nitrogens with zero attached hydrogens (tertiary/aromatic N) is 1. The second-order valence-electron chi connectivity index (χ2n) is 6.81. The normalized spacial score (nSPS) is 10.7. The molecule has 0 spiro atoms. The van der Waals surface area contributed by atoms with E-state index in [1.54, 1.807) is 20.9 Å². The second kappa shape index (κ2) is 10.6. The predicted octanol–water partition coefficient (Wildman–Crippen LogP) is 3.44. The lowest BCUT2D eigenvalue weighted by atomic mass is 10.1. The van der Waals surface area contributed by atoms with E-state index >= 15 is 0 Å². The molecular weight excluding hydrogens is 388 g/mol. The van der Waals surface area contributed by atoms with E-state index in [1.807, 2.05) is 36.1 Å². The van der Waals surface area contributed by atoms with Crippen LogP contribution in [0.2, 0.25) is 0 Å². The number of amides is 1. The smallest absolute Gasteiger partial charge is 0.344 e. The third-order valence-corrected chi connectivity index (χ3v) is 4.27. The van der Waals surface area contributed by atoms with E-state index in [1.165, 1.54) is 6.92 Å². The van der Waals surface area contributed by atoms with Gasteiger partial charge in [0.05, 0.1) is 25.3 Å². The Morgan fingerprint density at radius 2 is 1.73 bits per heavy atom. The molecule has 0 radical (unpaired) electrons. The summed E-state index contributed by atoms with van der Waals surface area (Å²) in [6.45, 7) is 7.82. The summed E-state index contributed by atoms with van der Waals surface area (Å²) in [4.78, 5) is 38.6. The Balaban J connectivity index is 2.07. The molecule has 1 heterocycles. The molecule has 0 aliphatic carbocycles. The van der Waals surface area contributed by atoms with E-state index in [-0.39, 0.29) is 47.6 Å². The first-order chi connectivity index (χ1) is 14.3. The van der Waals surface area contributed by atoms with Crippen molar-refractivity contribution >= 4 is 23.5 Å². The molecule has 8 heteroatoms. The van der Waals surface area contributed by atoms with Crippen LogP contribution in [0, 0.1) is 6.92 Å². The highest BCUT2D eigenvalue weighted by atomic mass is 16.5. The largest absolute Gasteiger partial charge is 0.494 e. The SMILES string of the molecule is CCOC(=O)c1c(NC(=O)CN(C)Cc2ccc(OCC)cc2)oc(C)c1C(C)=O. The van der Waals surface area contributed by atoms with Crippen LogP contribution in [0.15, 0.2) is 28.7 Å². The van der Waals surface area contributed by atoms with E-state index < -0.39 is 5.97 Å². The van der Waals surface area contributed by atoms with E-state index in [9.17, 15) is 14.4 Å². The van der Waals surface area contributed by atoms with Crippen LogP contribution in [-0.4, -0.2) is 49.4 Å². The average Bonchev–Trinajstić information content (AvgIpc) is 2.99. The maximum atomic E-state index is 12.5. The van der Waals surface area contributed by atoms with Gasteiger partial charge in [-0.25, -0.2) is 4.79 Å². The molecule has 0 aliphatic rings. The fourth-order valence-corrected chi connectivity index (χ4v) is 3.09. The van der Waals surface area contributed by atoms with Gasteiger partial charge in [0.2, 0.25) is 11.8 Å². The molecule has 0 fully saturated rings. The van der Waals surface area contributed by atoms with Crippen molar-refractivity contribution in [1.29, 1.82) is 0 Å². The molecule has 0 aliphatic heterocycles. The Labute approximate surface area is 176 Å². The van der Waals surface area contributed by atoms with Gasteiger partial charge in [-0.15, -0.1) is 0 Å². The lowest BCUT2D eigenvalue weighted by Crippen LogP contribution is -2.30. The van der Waals surface area contributed by atoms with Crippen LogP contribution in [-0.2, 0) is 16.1 Å². The quantitative estimate of drug-likeness (QED) is 0.468. The highest BCUT2D eigenvalue weighted by Crippen LogP contribution is 2.28. The molecule has 0 saturated heterocycles. The second-order valence-corrected chi connectivity index (χ2v) is 6.81. The molecule has 0 bridgehead atoms. The Bertz CT molecular complexity index is 901. The molecular formula is C22H28N2O6. The minimum Gasteiger partial charge on any atom is -0.494 e. The van der Waals surface area contributed by atoms with Crippen molar-refractivity contribution in [2.24, 2.45) is 0 Å². The van der Waals surface area contributed by atoms with E-state index in [0.717, 1.165) is 11.3 Å². The van der Waals surface area contributed by atoms with Gasteiger partial charge < -0.3 is 13.9 Å². The number of hydrogen-bond acceptors (Lipinski definition) is 7. The minimum atomic E-state index is -0.711. The number of hydrogen-bond donors (Lipinski definition) is 1. The Morgan fingerprint density at radius 1 is 1.07 bits per heavy atom. The summed E-state index contributed by atoms with van der Waals surface area (Å²) in [6, 6.07) is 7.64. The Hall–Kier alpha value is -3.13. The number of aryl methyl sites for hydroxylation is 1. The Morgan fingerprint density at radius 3 is 2.30 bits per heavy atom. The van der Waals surface area contributed by atoms with Crippen LogP contribution < -0.4 is 10.1 Å². The fourth-order valence-electron chi connectivity index (χ4n) is 3.09. The van der Waals surface area contributed by atoms with Gasteiger partial charge in [0.1, 0.15) is 17.1 Å². The molecule has 1 N–H and O–H groups in total. The van der Waals surface area contributed by atoms with E-state index in [4.69, 9.17) is 13.9 Å². The molecule has 1 amide bonds. The topological polar surface area (TPSA) is 98.1 Å². The summed E-state index contributed by atoms with van der Waals surface area (Å²) >= 11 is 0. The van der Waals surface area contributed by atoms with Crippen molar-refractivity contribution in [3.8, 4) is 5.75 Å². The number of carbonyl (C=O) groups is 3. The number of benzene rings is 1. The third kappa shape index (κ3) is 5.93. The zero-order valence-corrected chi connectivity index (χ0v) is 18.0. The number of nitrogens with one attached hydrogen (secondary N) is 1. The van der Waals surface area contributed by atoms with Crippen LogP contribution in [0.5, 0.6) is 5.75 Å². The molecule has 2 rings (SSSR count). The lowest BCUT2D eigenvalue weighted by Gasteiger charge is -2.16. The van der Waals surface area contributed by atoms with Crippen molar-refractivity contribution < 1.29 is 28.3 Å². The number of furan rings is 1. The van der Waals surface area contributed by atoms with Gasteiger partial charge in [-0.1, -0.05) is 12.1 Å². The van der Waals surface area contributed by atoms with Crippen molar-refractivity contribution in [3.63, 3.8) is 0 Å². The zero-order chi connectivity index (χ0) is 22.3. The van der Waals surface area contributed by atoms with Gasteiger partial charge in [0.25, 0.3) is 0 Å². The lowest BCUT2D eigenvalue weighted by molar-refractivity contribution is -0.117. The number of ketones is 1. The summed E-state index contributed by atoms with van der Waals surface area (Å²) in [6.07, 6.45) is 0. The summed E-state index contributed by atoms with van der Waals surface area (Å²) in [5, 5.41) is 2.59. The molecule has 0 unspecified atom stereocenters. The summed E-state index contributed by atoms with van der Waals surface area (Å²) in [5.74, 6) is -0.454. The minimum absolute atomic E-state index is 0.0515. The van der Waals surface area contributed by atoms with Crippen LogP contribution in [0.1, 0.15) is 52.8 Å². The first-order valence-corrected chi connectivity index (χ1v) is 9.78. The van der Waals surface area contributed by atoms with Crippen LogP contribution in [0.4, 0.5) is 5.88 Å². The average molecular weight is 416 g/mol. The number of carbonyl (C=O) groups excluding carboxylic acids is 3. The predicted molar refractivity (Wildman–Crippen MR) is 112 cm³/mol. The number of likely N-dealkylation sites (N-methyl/N-ethyl adjacent to an activating group) is 1. The number of Topliss-reactive ketones (excluding diaryl/α,β-unsaturated/α-hetero) is 1. The van der Waals surface area contributed by atoms with Crippen LogP contribution in [0.25, 0.3) is 0 Å². The standard InChI is InChI=1S/C22H28N2O6/c1-6-28-17-10-8-16(9-11-17)12-24(5)13-18(26)23-21-20(22(27)29-7-2)19(14(3)25)15(4)30-21/h8-11H,6-7,12-13H2,1-5H3,(H,23,26). The van der Waals surface area contributed by atoms with Gasteiger partial charge in [-0.05, 0) is 52.4 Å². The van der Waals surface area contributed by atoms with Gasteiger partial charge in [-0.3, -0.25) is 19.8 Å². The van der Waals surface area contributed by atoms with Crippen LogP contribution in [0.3, 0.4) is 0 Å². The monoisotopic (exact) mass is 416 g/mol. The molecule has 1 aromatic carbocycles. The Kier molecular flexibility index (Phi) is 8.17. The fraction of sp³-hybridized carbons (Fsp3) is 0.409. The maximum absolute atomic E-state index is 12.5. The molecule has 30 heavy (non-hydrogen) atoms. The molecule has 1 aromatic heterocycles. The first kappa shape index (κ1) is 23.2. The van der Waals surface area contributed by atoms with Gasteiger partial charge >= 0.3 is 5.97 Å². The van der Waals surface area contributed by atoms with E-state index in [0.29, 0.717) is 13.2 Å². The van der Waals surface area contributed by atoms with E-state index in [2.05, 4.69) is 5.32 Å². The van der Waals surface area contributed by atoms with Gasteiger partial charge in [-0.2, -0.15) is 0 Å². The zero-order valence-electron chi connectivity index (χ0n) is 18.0. The van der Waals surface area contributed by atoms with Crippen molar-refractivity contribution in [2.45, 2.75) is 34.2 Å². The summed E-state index contributed by atoms with van der Waals surface area (Å²) in [7, 11) is 1.80. The molecule has 8 nitrogen and oxygen atoms in total. The molecule has 0 saturated carbocycles.